The molecular weight excluding hydrogens is 554 g/mol. The SMILES string of the molecule is COc1ccc2nccc(C[C@@H](NC(=O)OCc3ccccc3)[C@@H]3CC[C@@H](NC/C=C/c4cc(F)ccc4F)CO3)c2n1. The maximum absolute atomic E-state index is 13.9. The zero-order chi connectivity index (χ0) is 30.0. The van der Waals surface area contributed by atoms with E-state index in [2.05, 4.69) is 20.6 Å². The summed E-state index contributed by atoms with van der Waals surface area (Å²) in [6.07, 6.45) is 6.17. The average molecular weight is 589 g/mol. The van der Waals surface area contributed by atoms with Crippen LogP contribution in [0.4, 0.5) is 13.6 Å². The van der Waals surface area contributed by atoms with Crippen molar-refractivity contribution in [2.24, 2.45) is 0 Å². The topological polar surface area (TPSA) is 94.6 Å². The Kier molecular flexibility index (Phi) is 10.2. The first-order valence-corrected chi connectivity index (χ1v) is 14.2. The van der Waals surface area contributed by atoms with Crippen molar-refractivity contribution in [3.05, 3.63) is 107 Å². The molecule has 1 amide bonds. The number of hydrogen-bond acceptors (Lipinski definition) is 7. The number of alkyl carbamates (subject to hydrolysis) is 1. The van der Waals surface area contributed by atoms with Crippen LogP contribution in [0.1, 0.15) is 29.5 Å². The third-order valence-corrected chi connectivity index (χ3v) is 7.35. The standard InChI is InChI=1S/C33H34F2N4O4/c1-41-31-14-12-28-32(39-31)24(15-17-37-28)19-29(38-33(40)43-20-22-6-3-2-4-7-22)30-13-10-26(21-42-30)36-16-5-8-23-18-25(34)9-11-27(23)35/h2-9,11-12,14-15,17-18,26,29-30,36H,10,13,16,19-21H2,1H3,(H,38,40)/b8-5+/t26-,29-,30+/m1/s1. The number of carbonyl (C=O) groups is 1. The minimum Gasteiger partial charge on any atom is -0.481 e. The molecule has 2 N–H and O–H groups in total. The van der Waals surface area contributed by atoms with Gasteiger partial charge in [0, 0.05) is 30.4 Å². The summed E-state index contributed by atoms with van der Waals surface area (Å²) in [6, 6.07) is 18.0. The summed E-state index contributed by atoms with van der Waals surface area (Å²) in [5.74, 6) is -0.481. The number of nitrogens with one attached hydrogen (secondary N) is 2. The lowest BCUT2D eigenvalue weighted by Gasteiger charge is -2.34. The van der Waals surface area contributed by atoms with E-state index in [0.717, 1.165) is 41.3 Å². The van der Waals surface area contributed by atoms with E-state index < -0.39 is 23.8 Å². The van der Waals surface area contributed by atoms with Crippen LogP contribution in [-0.4, -0.2) is 54.5 Å². The van der Waals surface area contributed by atoms with Gasteiger partial charge in [0.15, 0.2) is 0 Å². The van der Waals surface area contributed by atoms with E-state index in [-0.39, 0.29) is 24.3 Å². The molecule has 1 fully saturated rings. The Morgan fingerprint density at radius 3 is 2.77 bits per heavy atom. The molecule has 0 saturated carbocycles. The first kappa shape index (κ1) is 30.1. The van der Waals surface area contributed by atoms with Gasteiger partial charge >= 0.3 is 6.09 Å². The fraction of sp³-hybridized carbons (Fsp3) is 0.303. The van der Waals surface area contributed by atoms with Crippen LogP contribution in [0.25, 0.3) is 17.1 Å². The van der Waals surface area contributed by atoms with E-state index in [1.165, 1.54) is 0 Å². The number of pyridine rings is 2. The predicted octanol–water partition coefficient (Wildman–Crippen LogP) is 5.60. The van der Waals surface area contributed by atoms with Gasteiger partial charge in [0.2, 0.25) is 5.88 Å². The molecule has 224 valence electrons. The summed E-state index contributed by atoms with van der Waals surface area (Å²) >= 11 is 0. The highest BCUT2D eigenvalue weighted by Gasteiger charge is 2.30. The number of halogens is 2. The third-order valence-electron chi connectivity index (χ3n) is 7.35. The smallest absolute Gasteiger partial charge is 0.407 e. The minimum absolute atomic E-state index is 0.0663. The van der Waals surface area contributed by atoms with Gasteiger partial charge in [-0.25, -0.2) is 18.6 Å². The maximum Gasteiger partial charge on any atom is 0.407 e. The highest BCUT2D eigenvalue weighted by atomic mass is 19.1. The van der Waals surface area contributed by atoms with Gasteiger partial charge in [-0.15, -0.1) is 0 Å². The largest absolute Gasteiger partial charge is 0.481 e. The van der Waals surface area contributed by atoms with Crippen LogP contribution in [0.2, 0.25) is 0 Å². The average Bonchev–Trinajstić information content (AvgIpc) is 3.04. The molecule has 0 bridgehead atoms. The lowest BCUT2D eigenvalue weighted by molar-refractivity contribution is -0.0228. The number of fused-ring (bicyclic) bond motifs is 1. The number of benzene rings is 2. The van der Waals surface area contributed by atoms with Crippen molar-refractivity contribution in [3.63, 3.8) is 0 Å². The zero-order valence-electron chi connectivity index (χ0n) is 23.8. The molecular formula is C33H34F2N4O4. The van der Waals surface area contributed by atoms with Crippen molar-refractivity contribution in [2.75, 3.05) is 20.3 Å². The minimum atomic E-state index is -0.531. The van der Waals surface area contributed by atoms with E-state index in [1.807, 2.05) is 42.5 Å². The Morgan fingerprint density at radius 1 is 1.12 bits per heavy atom. The second kappa shape index (κ2) is 14.7. The summed E-state index contributed by atoms with van der Waals surface area (Å²) in [7, 11) is 1.56. The molecule has 2 aromatic carbocycles. The number of rotatable bonds is 11. The Hall–Kier alpha value is -4.41. The molecule has 2 aromatic heterocycles. The molecule has 5 rings (SSSR count). The van der Waals surface area contributed by atoms with Crippen LogP contribution in [0.3, 0.4) is 0 Å². The van der Waals surface area contributed by atoms with Crippen LogP contribution in [0.5, 0.6) is 5.88 Å². The second-order valence-corrected chi connectivity index (χ2v) is 10.3. The Morgan fingerprint density at radius 2 is 1.98 bits per heavy atom. The number of nitrogens with zero attached hydrogens (tertiary/aromatic N) is 2. The van der Waals surface area contributed by atoms with Gasteiger partial charge in [-0.1, -0.05) is 42.5 Å². The molecule has 0 unspecified atom stereocenters. The third kappa shape index (κ3) is 8.33. The van der Waals surface area contributed by atoms with Crippen molar-refractivity contribution in [3.8, 4) is 5.88 Å². The Labute approximate surface area is 249 Å². The Balaban J connectivity index is 1.23. The van der Waals surface area contributed by atoms with Crippen molar-refractivity contribution < 1.29 is 27.8 Å². The summed E-state index contributed by atoms with van der Waals surface area (Å²) in [5, 5.41) is 6.41. The number of carbonyl (C=O) groups excluding carboxylic acids is 1. The van der Waals surface area contributed by atoms with Gasteiger partial charge in [-0.2, -0.15) is 0 Å². The van der Waals surface area contributed by atoms with Gasteiger partial charge in [0.05, 0.1) is 36.9 Å². The number of ether oxygens (including phenoxy) is 3. The van der Waals surface area contributed by atoms with Gasteiger partial charge in [-0.05, 0) is 60.7 Å². The van der Waals surface area contributed by atoms with Crippen LogP contribution >= 0.6 is 0 Å². The maximum atomic E-state index is 13.9. The lowest BCUT2D eigenvalue weighted by Crippen LogP contribution is -2.50. The van der Waals surface area contributed by atoms with E-state index in [4.69, 9.17) is 14.2 Å². The fourth-order valence-electron chi connectivity index (χ4n) is 5.08. The molecule has 3 heterocycles. The van der Waals surface area contributed by atoms with E-state index in [9.17, 15) is 13.6 Å². The van der Waals surface area contributed by atoms with E-state index >= 15 is 0 Å². The number of methoxy groups -OCH3 is 1. The molecule has 0 spiro atoms. The molecule has 4 aromatic rings. The summed E-state index contributed by atoms with van der Waals surface area (Å²) in [6.45, 7) is 1.05. The molecule has 1 aliphatic rings. The monoisotopic (exact) mass is 588 g/mol. The summed E-state index contributed by atoms with van der Waals surface area (Å²) < 4.78 is 44.4. The van der Waals surface area contributed by atoms with Gasteiger partial charge in [0.25, 0.3) is 0 Å². The number of amides is 1. The second-order valence-electron chi connectivity index (χ2n) is 10.3. The molecule has 43 heavy (non-hydrogen) atoms. The summed E-state index contributed by atoms with van der Waals surface area (Å²) in [4.78, 5) is 21.9. The van der Waals surface area contributed by atoms with Crippen molar-refractivity contribution >= 4 is 23.2 Å². The first-order chi connectivity index (χ1) is 21.0. The van der Waals surface area contributed by atoms with Crippen LogP contribution in [0.15, 0.2) is 79.0 Å². The first-order valence-electron chi connectivity index (χ1n) is 14.2. The van der Waals surface area contributed by atoms with Gasteiger partial charge in [-0.3, -0.25) is 4.98 Å². The van der Waals surface area contributed by atoms with Crippen molar-refractivity contribution in [2.45, 2.75) is 44.1 Å². The quantitative estimate of drug-likeness (QED) is 0.235. The highest BCUT2D eigenvalue weighted by Crippen LogP contribution is 2.24. The molecule has 8 nitrogen and oxygen atoms in total. The van der Waals surface area contributed by atoms with Crippen molar-refractivity contribution in [1.29, 1.82) is 0 Å². The molecule has 10 heteroatoms. The van der Waals surface area contributed by atoms with Crippen LogP contribution in [0, 0.1) is 11.6 Å². The normalized spacial score (nSPS) is 17.6. The number of hydrogen-bond donors (Lipinski definition) is 2. The van der Waals surface area contributed by atoms with Crippen LogP contribution < -0.4 is 15.4 Å². The number of aromatic nitrogens is 2. The van der Waals surface area contributed by atoms with Crippen molar-refractivity contribution in [1.82, 2.24) is 20.6 Å². The van der Waals surface area contributed by atoms with E-state index in [1.54, 1.807) is 31.5 Å². The zero-order valence-corrected chi connectivity index (χ0v) is 23.8. The fourth-order valence-corrected chi connectivity index (χ4v) is 5.08. The molecule has 0 aliphatic carbocycles. The van der Waals surface area contributed by atoms with Gasteiger partial charge < -0.3 is 24.8 Å². The molecule has 1 saturated heterocycles. The molecule has 0 radical (unpaired) electrons. The Bertz CT molecular complexity index is 1540. The molecule has 3 atom stereocenters. The van der Waals surface area contributed by atoms with Gasteiger partial charge in [0.1, 0.15) is 18.2 Å². The summed E-state index contributed by atoms with van der Waals surface area (Å²) in [5.41, 5.74) is 3.41. The molecule has 1 aliphatic heterocycles. The lowest BCUT2D eigenvalue weighted by atomic mass is 9.94. The van der Waals surface area contributed by atoms with Crippen LogP contribution in [-0.2, 0) is 22.5 Å². The predicted molar refractivity (Wildman–Crippen MR) is 160 cm³/mol. The van der Waals surface area contributed by atoms with E-state index in [0.29, 0.717) is 37.4 Å². The highest BCUT2D eigenvalue weighted by molar-refractivity contribution is 5.78.